The highest BCUT2D eigenvalue weighted by Gasteiger charge is 2.60. The van der Waals surface area contributed by atoms with Crippen LogP contribution in [0.1, 0.15) is 38.8 Å². The van der Waals surface area contributed by atoms with Crippen LogP contribution in [-0.2, 0) is 54.3 Å². The minimum absolute atomic E-state index is 0.0694. The molecule has 0 bridgehead atoms. The molecule has 6 fully saturated rings. The Labute approximate surface area is 385 Å². The number of carbonyl (C=O) groups is 8. The molecular formula is C51H48N4O12. The van der Waals surface area contributed by atoms with Crippen molar-refractivity contribution >= 4 is 70.0 Å². The second-order valence-electron chi connectivity index (χ2n) is 18.3. The summed E-state index contributed by atoms with van der Waals surface area (Å²) in [5.41, 5.74) is 3.09. The van der Waals surface area contributed by atoms with Gasteiger partial charge in [-0.3, -0.25) is 58.0 Å². The zero-order valence-corrected chi connectivity index (χ0v) is 37.2. The fraction of sp³-hybridized carbons (Fsp3) is 0.373. The smallest absolute Gasteiger partial charge is 0.238 e. The quantitative estimate of drug-likeness (QED) is 0.125. The van der Waals surface area contributed by atoms with Crippen LogP contribution < -0.4 is 29.1 Å². The standard InChI is InChI=1S/C51H48N4O12/c1-26-40(42-28(3)46(58)54(50(42)62)34-13-17-36(18-14-34)64-22-38-24-66-38)48(60)52(44(26)56)32-9-5-30(6-10-32)21-31-7-11-33(12-8-31)53-45(57)27(2)41(49(53)61)43-29(4)47(59)55(51(43)63)35-15-19-37(20-16-35)65-23-39-25-67-39/h5-20,26-29,38-43H,21-25H2,1-4H3. The number of rotatable bonds is 14. The van der Waals surface area contributed by atoms with E-state index in [-0.39, 0.29) is 12.2 Å². The first-order chi connectivity index (χ1) is 32.2. The van der Waals surface area contributed by atoms with Gasteiger partial charge in [0, 0.05) is 23.7 Å². The number of hydrogen-bond donors (Lipinski definition) is 0. The average molecular weight is 909 g/mol. The van der Waals surface area contributed by atoms with E-state index in [0.717, 1.165) is 30.7 Å². The van der Waals surface area contributed by atoms with Gasteiger partial charge in [0.25, 0.3) is 0 Å². The molecule has 10 atom stereocenters. The lowest BCUT2D eigenvalue weighted by molar-refractivity contribution is -0.130. The summed E-state index contributed by atoms with van der Waals surface area (Å²) in [5.74, 6) is -10.3. The van der Waals surface area contributed by atoms with Crippen molar-refractivity contribution in [3.8, 4) is 11.5 Å². The van der Waals surface area contributed by atoms with Crippen LogP contribution in [0.3, 0.4) is 0 Å². The van der Waals surface area contributed by atoms with Crippen LogP contribution in [0.5, 0.6) is 11.5 Å². The lowest BCUT2D eigenvalue weighted by Gasteiger charge is -2.21. The molecule has 4 aromatic rings. The first kappa shape index (κ1) is 43.8. The van der Waals surface area contributed by atoms with Crippen LogP contribution in [0.15, 0.2) is 97.1 Å². The van der Waals surface area contributed by atoms with Crippen molar-refractivity contribution < 1.29 is 57.3 Å². The summed E-state index contributed by atoms with van der Waals surface area (Å²) in [7, 11) is 0. The van der Waals surface area contributed by atoms with Crippen molar-refractivity contribution in [2.24, 2.45) is 47.3 Å². The maximum Gasteiger partial charge on any atom is 0.238 e. The molecule has 6 aliphatic heterocycles. The van der Waals surface area contributed by atoms with E-state index in [4.69, 9.17) is 18.9 Å². The van der Waals surface area contributed by atoms with Gasteiger partial charge in [-0.05, 0) is 90.3 Å². The minimum Gasteiger partial charge on any atom is -0.491 e. The first-order valence-corrected chi connectivity index (χ1v) is 22.6. The molecule has 0 saturated carbocycles. The molecule has 16 heteroatoms. The highest BCUT2D eigenvalue weighted by Crippen LogP contribution is 2.45. The zero-order valence-electron chi connectivity index (χ0n) is 37.2. The van der Waals surface area contributed by atoms with E-state index in [1.54, 1.807) is 125 Å². The van der Waals surface area contributed by atoms with Crippen LogP contribution in [-0.4, -0.2) is 85.9 Å². The third-order valence-electron chi connectivity index (χ3n) is 14.1. The molecule has 8 amide bonds. The Morgan fingerprint density at radius 1 is 0.388 bits per heavy atom. The molecule has 16 nitrogen and oxygen atoms in total. The second kappa shape index (κ2) is 17.0. The number of anilines is 4. The summed E-state index contributed by atoms with van der Waals surface area (Å²) in [6.45, 7) is 8.57. The highest BCUT2D eigenvalue weighted by atomic mass is 16.6. The van der Waals surface area contributed by atoms with Crippen molar-refractivity contribution in [2.45, 2.75) is 46.3 Å². The van der Waals surface area contributed by atoms with E-state index in [1.165, 1.54) is 0 Å². The molecule has 0 aliphatic carbocycles. The summed E-state index contributed by atoms with van der Waals surface area (Å²) in [5, 5.41) is 0. The fourth-order valence-corrected chi connectivity index (χ4v) is 10.0. The molecule has 4 aromatic carbocycles. The van der Waals surface area contributed by atoms with Gasteiger partial charge in [0.1, 0.15) is 36.9 Å². The summed E-state index contributed by atoms with van der Waals surface area (Å²) in [6.07, 6.45) is 0.574. The summed E-state index contributed by atoms with van der Waals surface area (Å²) in [4.78, 5) is 115. The number of ether oxygens (including phenoxy) is 4. The van der Waals surface area contributed by atoms with E-state index in [9.17, 15) is 38.4 Å². The highest BCUT2D eigenvalue weighted by molar-refractivity contribution is 6.28. The number of hydrogen-bond acceptors (Lipinski definition) is 12. The van der Waals surface area contributed by atoms with Gasteiger partial charge < -0.3 is 18.9 Å². The van der Waals surface area contributed by atoms with Gasteiger partial charge in [-0.1, -0.05) is 52.0 Å². The van der Waals surface area contributed by atoms with Crippen molar-refractivity contribution in [2.75, 3.05) is 46.0 Å². The van der Waals surface area contributed by atoms with Gasteiger partial charge in [-0.2, -0.15) is 0 Å². The van der Waals surface area contributed by atoms with E-state index in [2.05, 4.69) is 0 Å². The monoisotopic (exact) mass is 908 g/mol. The zero-order chi connectivity index (χ0) is 47.0. The van der Waals surface area contributed by atoms with Gasteiger partial charge in [-0.25, -0.2) is 0 Å². The van der Waals surface area contributed by atoms with Crippen molar-refractivity contribution in [1.29, 1.82) is 0 Å². The van der Waals surface area contributed by atoms with Crippen LogP contribution in [0.2, 0.25) is 0 Å². The Hall–Kier alpha value is -7.04. The molecule has 0 radical (unpaired) electrons. The van der Waals surface area contributed by atoms with Gasteiger partial charge >= 0.3 is 0 Å². The van der Waals surface area contributed by atoms with Gasteiger partial charge in [-0.15, -0.1) is 0 Å². The molecular weight excluding hydrogens is 861 g/mol. The molecule has 6 saturated heterocycles. The molecule has 10 unspecified atom stereocenters. The SMILES string of the molecule is CC1C(=O)N(c2ccc(Cc3ccc(N4C(=O)C(C)C(C5C(=O)N(c6ccc(OCC7CO7)cc6)C(=O)C5C)C4=O)cc3)cc2)C(=O)C1C1C(=O)N(c2ccc(OCC3CO3)cc2)C(=O)C1C. The topological polar surface area (TPSA) is 193 Å². The molecule has 0 aromatic heterocycles. The number of carbonyl (C=O) groups excluding carboxylic acids is 8. The molecule has 6 heterocycles. The number of amides is 8. The van der Waals surface area contributed by atoms with E-state index in [0.29, 0.717) is 67.1 Å². The average Bonchev–Trinajstić information content (AvgIpc) is 4.26. The number of nitrogens with zero attached hydrogens (tertiary/aromatic N) is 4. The van der Waals surface area contributed by atoms with Crippen molar-refractivity contribution in [3.05, 3.63) is 108 Å². The molecule has 0 N–H and O–H groups in total. The third kappa shape index (κ3) is 7.76. The van der Waals surface area contributed by atoms with Crippen LogP contribution in [0, 0.1) is 47.3 Å². The normalized spacial score (nSPS) is 29.3. The summed E-state index contributed by atoms with van der Waals surface area (Å²) >= 11 is 0. The van der Waals surface area contributed by atoms with Gasteiger partial charge in [0.05, 0.1) is 59.6 Å². The number of imide groups is 4. The Balaban J connectivity index is 0.781. The third-order valence-corrected chi connectivity index (χ3v) is 14.1. The molecule has 0 spiro atoms. The lowest BCUT2D eigenvalue weighted by Crippen LogP contribution is -2.37. The van der Waals surface area contributed by atoms with Crippen molar-refractivity contribution in [3.63, 3.8) is 0 Å². The Bertz CT molecular complexity index is 2510. The maximum absolute atomic E-state index is 14.1. The second-order valence-corrected chi connectivity index (χ2v) is 18.3. The van der Waals surface area contributed by atoms with Crippen molar-refractivity contribution in [1.82, 2.24) is 0 Å². The summed E-state index contributed by atoms with van der Waals surface area (Å²) in [6, 6.07) is 27.0. The molecule has 10 rings (SSSR count). The predicted molar refractivity (Wildman–Crippen MR) is 240 cm³/mol. The fourth-order valence-electron chi connectivity index (χ4n) is 10.0. The molecule has 344 valence electrons. The Kier molecular flexibility index (Phi) is 11.1. The number of benzene rings is 4. The lowest BCUT2D eigenvalue weighted by atomic mass is 9.78. The molecule has 67 heavy (non-hydrogen) atoms. The Morgan fingerprint density at radius 2 is 0.627 bits per heavy atom. The Morgan fingerprint density at radius 3 is 0.866 bits per heavy atom. The van der Waals surface area contributed by atoms with E-state index >= 15 is 0 Å². The molecule has 6 aliphatic rings. The maximum atomic E-state index is 14.1. The largest absolute Gasteiger partial charge is 0.491 e. The predicted octanol–water partition coefficient (Wildman–Crippen LogP) is 4.74. The van der Waals surface area contributed by atoms with Crippen LogP contribution >= 0.6 is 0 Å². The van der Waals surface area contributed by atoms with Gasteiger partial charge in [0.15, 0.2) is 0 Å². The number of epoxide rings is 2. The first-order valence-electron chi connectivity index (χ1n) is 22.6. The van der Waals surface area contributed by atoms with E-state index < -0.39 is 94.6 Å². The summed E-state index contributed by atoms with van der Waals surface area (Å²) < 4.78 is 21.7. The van der Waals surface area contributed by atoms with Crippen LogP contribution in [0.4, 0.5) is 22.7 Å². The van der Waals surface area contributed by atoms with Gasteiger partial charge in [0.2, 0.25) is 47.3 Å². The van der Waals surface area contributed by atoms with E-state index in [1.807, 2.05) is 0 Å². The minimum atomic E-state index is -1.04. The van der Waals surface area contributed by atoms with Crippen LogP contribution in [0.25, 0.3) is 0 Å².